The summed E-state index contributed by atoms with van der Waals surface area (Å²) in [7, 11) is 0. The average molecular weight is 459 g/mol. The van der Waals surface area contributed by atoms with Gasteiger partial charge in [-0.15, -0.1) is 0 Å². The van der Waals surface area contributed by atoms with Crippen molar-refractivity contribution in [3.63, 3.8) is 0 Å². The number of anilines is 1. The van der Waals surface area contributed by atoms with E-state index in [1.807, 2.05) is 19.1 Å². The Kier molecular flexibility index (Phi) is 8.26. The molecule has 166 valence electrons. The lowest BCUT2D eigenvalue weighted by atomic mass is 10.1. The molecule has 6 nitrogen and oxygen atoms in total. The van der Waals surface area contributed by atoms with Crippen LogP contribution in [-0.4, -0.2) is 37.6 Å². The number of unbranched alkanes of at least 4 members (excludes halogenated alkanes) is 4. The number of carbonyl (C=O) groups excluding carboxylic acids is 1. The number of aryl methyl sites for hydroxylation is 1. The van der Waals surface area contributed by atoms with Gasteiger partial charge in [0.05, 0.1) is 10.5 Å². The molecule has 0 atom stereocenters. The number of hydrogen-bond donors (Lipinski definition) is 1. The molecule has 0 unspecified atom stereocenters. The largest absolute Gasteiger partial charge is 0.369 e. The van der Waals surface area contributed by atoms with Gasteiger partial charge in [-0.1, -0.05) is 69.6 Å². The maximum atomic E-state index is 13.3. The maximum absolute atomic E-state index is 13.3. The Labute approximate surface area is 193 Å². The van der Waals surface area contributed by atoms with Crippen molar-refractivity contribution in [3.05, 3.63) is 44.7 Å². The second-order valence-corrected chi connectivity index (χ2v) is 9.41. The zero-order chi connectivity index (χ0) is 22.4. The Morgan fingerprint density at radius 2 is 1.94 bits per heavy atom. The first kappa shape index (κ1) is 23.5. The lowest BCUT2D eigenvalue weighted by Crippen LogP contribution is -2.29. The number of thioether (sulfide) groups is 1. The quantitative estimate of drug-likeness (QED) is 0.307. The van der Waals surface area contributed by atoms with Crippen LogP contribution in [-0.2, 0) is 4.79 Å². The fourth-order valence-electron chi connectivity index (χ4n) is 3.52. The standard InChI is InChI=1S/C23H30N4O2S2/c1-4-6-7-8-9-13-27-22(29)18(31-23(27)30)15-17-19(24-12-5-2)25-20-16(3)11-10-14-26(20)21(17)28/h10-11,14-15,24H,4-9,12-13H2,1-3H3/b18-15+. The van der Waals surface area contributed by atoms with E-state index in [-0.39, 0.29) is 11.5 Å². The highest BCUT2D eigenvalue weighted by atomic mass is 32.2. The number of nitrogens with one attached hydrogen (secondary N) is 1. The van der Waals surface area contributed by atoms with E-state index in [0.717, 1.165) is 24.8 Å². The molecule has 2 aromatic rings. The molecule has 2 aromatic heterocycles. The van der Waals surface area contributed by atoms with Crippen molar-refractivity contribution in [1.82, 2.24) is 14.3 Å². The number of hydrogen-bond acceptors (Lipinski definition) is 6. The number of nitrogens with zero attached hydrogens (tertiary/aromatic N) is 3. The number of carbonyl (C=O) groups is 1. The maximum Gasteiger partial charge on any atom is 0.267 e. The molecule has 0 bridgehead atoms. The highest BCUT2D eigenvalue weighted by Gasteiger charge is 2.32. The summed E-state index contributed by atoms with van der Waals surface area (Å²) in [4.78, 5) is 33.1. The molecule has 1 aliphatic heterocycles. The zero-order valence-electron chi connectivity index (χ0n) is 18.4. The summed E-state index contributed by atoms with van der Waals surface area (Å²) >= 11 is 6.71. The number of fused-ring (bicyclic) bond motifs is 1. The lowest BCUT2D eigenvalue weighted by molar-refractivity contribution is -0.122. The summed E-state index contributed by atoms with van der Waals surface area (Å²) in [5.41, 5.74) is 1.72. The molecule has 1 fully saturated rings. The fourth-order valence-corrected chi connectivity index (χ4v) is 4.81. The molecular weight excluding hydrogens is 428 g/mol. The predicted octanol–water partition coefficient (Wildman–Crippen LogP) is 5.00. The Hall–Kier alpha value is -2.19. The third kappa shape index (κ3) is 5.36. The lowest BCUT2D eigenvalue weighted by Gasteiger charge is -2.14. The minimum atomic E-state index is -0.197. The van der Waals surface area contributed by atoms with Crippen LogP contribution < -0.4 is 10.9 Å². The Bertz CT molecular complexity index is 1060. The van der Waals surface area contributed by atoms with Crippen LogP contribution in [0.2, 0.25) is 0 Å². The Morgan fingerprint density at radius 1 is 1.16 bits per heavy atom. The first-order valence-corrected chi connectivity index (χ1v) is 12.2. The summed E-state index contributed by atoms with van der Waals surface area (Å²) in [5.74, 6) is 0.381. The number of aromatic nitrogens is 2. The second kappa shape index (κ2) is 10.9. The molecule has 1 N–H and O–H groups in total. The van der Waals surface area contributed by atoms with Gasteiger partial charge in [-0.2, -0.15) is 0 Å². The molecule has 1 amide bonds. The molecule has 31 heavy (non-hydrogen) atoms. The van der Waals surface area contributed by atoms with Crippen molar-refractivity contribution in [2.45, 2.75) is 59.3 Å². The van der Waals surface area contributed by atoms with Gasteiger partial charge in [0.1, 0.15) is 15.8 Å². The summed E-state index contributed by atoms with van der Waals surface area (Å²) in [6, 6.07) is 3.75. The van der Waals surface area contributed by atoms with Crippen LogP contribution in [0.1, 0.15) is 63.5 Å². The predicted molar refractivity (Wildman–Crippen MR) is 134 cm³/mol. The van der Waals surface area contributed by atoms with Crippen LogP contribution in [0, 0.1) is 6.92 Å². The Balaban J connectivity index is 1.92. The molecule has 0 radical (unpaired) electrons. The second-order valence-electron chi connectivity index (χ2n) is 7.74. The molecule has 0 saturated carbocycles. The molecular formula is C23H30N4O2S2. The summed E-state index contributed by atoms with van der Waals surface area (Å²) in [6.45, 7) is 7.48. The molecule has 1 aliphatic rings. The van der Waals surface area contributed by atoms with E-state index < -0.39 is 0 Å². The monoisotopic (exact) mass is 458 g/mol. The van der Waals surface area contributed by atoms with E-state index in [9.17, 15) is 9.59 Å². The van der Waals surface area contributed by atoms with Gasteiger partial charge in [0.15, 0.2) is 0 Å². The smallest absolute Gasteiger partial charge is 0.267 e. The van der Waals surface area contributed by atoms with Crippen LogP contribution in [0.15, 0.2) is 28.0 Å². The summed E-state index contributed by atoms with van der Waals surface area (Å²) in [6.07, 6.45) is 9.85. The highest BCUT2D eigenvalue weighted by Crippen LogP contribution is 2.33. The zero-order valence-corrected chi connectivity index (χ0v) is 20.1. The van der Waals surface area contributed by atoms with E-state index in [1.54, 1.807) is 17.2 Å². The molecule has 0 aromatic carbocycles. The molecule has 0 spiro atoms. The number of thiocarbonyl (C=S) groups is 1. The van der Waals surface area contributed by atoms with Gasteiger partial charge in [-0.3, -0.25) is 18.9 Å². The van der Waals surface area contributed by atoms with Gasteiger partial charge in [-0.05, 0) is 37.5 Å². The third-order valence-electron chi connectivity index (χ3n) is 5.26. The van der Waals surface area contributed by atoms with Gasteiger partial charge in [0.25, 0.3) is 11.5 Å². The van der Waals surface area contributed by atoms with Crippen molar-refractivity contribution in [2.75, 3.05) is 18.4 Å². The van der Waals surface area contributed by atoms with Gasteiger partial charge < -0.3 is 5.32 Å². The van der Waals surface area contributed by atoms with Crippen LogP contribution in [0.5, 0.6) is 0 Å². The van der Waals surface area contributed by atoms with Crippen LogP contribution in [0.4, 0.5) is 5.82 Å². The van der Waals surface area contributed by atoms with E-state index in [2.05, 4.69) is 19.2 Å². The molecule has 3 heterocycles. The Morgan fingerprint density at radius 3 is 2.68 bits per heavy atom. The van der Waals surface area contributed by atoms with E-state index in [4.69, 9.17) is 17.2 Å². The van der Waals surface area contributed by atoms with Crippen LogP contribution >= 0.6 is 24.0 Å². The van der Waals surface area contributed by atoms with E-state index in [0.29, 0.717) is 39.3 Å². The minimum Gasteiger partial charge on any atom is -0.369 e. The number of amides is 1. The normalized spacial score (nSPS) is 15.5. The summed E-state index contributed by atoms with van der Waals surface area (Å²) in [5, 5.41) is 3.25. The van der Waals surface area contributed by atoms with Crippen molar-refractivity contribution in [3.8, 4) is 0 Å². The summed E-state index contributed by atoms with van der Waals surface area (Å²) < 4.78 is 2.09. The van der Waals surface area contributed by atoms with Gasteiger partial charge in [0.2, 0.25) is 0 Å². The molecule has 3 rings (SSSR count). The third-order valence-corrected chi connectivity index (χ3v) is 6.64. The van der Waals surface area contributed by atoms with Crippen molar-refractivity contribution in [2.24, 2.45) is 0 Å². The topological polar surface area (TPSA) is 66.7 Å². The van der Waals surface area contributed by atoms with Crippen LogP contribution in [0.25, 0.3) is 11.7 Å². The molecule has 8 heteroatoms. The first-order valence-electron chi connectivity index (χ1n) is 11.0. The fraction of sp³-hybridized carbons (Fsp3) is 0.478. The van der Waals surface area contributed by atoms with Crippen molar-refractivity contribution in [1.29, 1.82) is 0 Å². The molecule has 0 aliphatic carbocycles. The van der Waals surface area contributed by atoms with E-state index in [1.165, 1.54) is 35.4 Å². The van der Waals surface area contributed by atoms with Crippen molar-refractivity contribution < 1.29 is 4.79 Å². The van der Waals surface area contributed by atoms with Gasteiger partial charge in [0, 0.05) is 19.3 Å². The first-order chi connectivity index (χ1) is 15.0. The average Bonchev–Trinajstić information content (AvgIpc) is 3.02. The number of pyridine rings is 1. The molecule has 1 saturated heterocycles. The van der Waals surface area contributed by atoms with Crippen molar-refractivity contribution >= 4 is 51.7 Å². The van der Waals surface area contributed by atoms with Gasteiger partial charge in [-0.25, -0.2) is 4.98 Å². The SMILES string of the molecule is CCCCCCCN1C(=O)/C(=C\c2c(NCCC)nc3c(C)cccn3c2=O)SC1=S. The van der Waals surface area contributed by atoms with E-state index >= 15 is 0 Å². The number of rotatable bonds is 10. The highest BCUT2D eigenvalue weighted by molar-refractivity contribution is 8.26. The van der Waals surface area contributed by atoms with Crippen LogP contribution in [0.3, 0.4) is 0 Å². The van der Waals surface area contributed by atoms with Gasteiger partial charge >= 0.3 is 0 Å². The minimum absolute atomic E-state index is 0.124.